The third-order valence-corrected chi connectivity index (χ3v) is 2.56. The molecule has 0 saturated carbocycles. The number of phenolic OH excluding ortho intramolecular Hbond substituents is 2. The summed E-state index contributed by atoms with van der Waals surface area (Å²) >= 11 is 0. The molecule has 0 aliphatic carbocycles. The van der Waals surface area contributed by atoms with Gasteiger partial charge in [0.25, 0.3) is 0 Å². The van der Waals surface area contributed by atoms with Crippen LogP contribution in [0.4, 0.5) is 0 Å². The zero-order valence-electron chi connectivity index (χ0n) is 7.54. The molecule has 2 rings (SSSR count). The molecule has 1 aromatic carbocycles. The van der Waals surface area contributed by atoms with Gasteiger partial charge in [-0.2, -0.15) is 0 Å². The number of hydrogen-bond donors (Lipinski definition) is 3. The number of phenols is 2. The minimum absolute atomic E-state index is 0.0252. The maximum Gasteiger partial charge on any atom is 0.162 e. The van der Waals surface area contributed by atoms with Crippen molar-refractivity contribution in [3.05, 3.63) is 23.3 Å². The Morgan fingerprint density at radius 3 is 2.92 bits per heavy atom. The minimum atomic E-state index is -0.0331. The lowest BCUT2D eigenvalue weighted by atomic mass is 9.94. The second-order valence-corrected chi connectivity index (χ2v) is 3.43. The number of nitrogens with one attached hydrogen (secondary N) is 1. The van der Waals surface area contributed by atoms with Gasteiger partial charge in [-0.25, -0.2) is 0 Å². The minimum Gasteiger partial charge on any atom is -0.504 e. The largest absolute Gasteiger partial charge is 0.504 e. The molecule has 0 bridgehead atoms. The molecule has 1 aliphatic rings. The van der Waals surface area contributed by atoms with Crippen LogP contribution in [-0.4, -0.2) is 16.8 Å². The van der Waals surface area contributed by atoms with E-state index < -0.39 is 0 Å². The summed E-state index contributed by atoms with van der Waals surface area (Å²) in [6, 6.07) is 3.55. The molecular weight excluding hydrogens is 166 g/mol. The summed E-state index contributed by atoms with van der Waals surface area (Å²) in [5, 5.41) is 22.2. The normalized spacial score (nSPS) is 21.2. The predicted molar refractivity (Wildman–Crippen MR) is 49.9 cm³/mol. The molecule has 1 atom stereocenters. The summed E-state index contributed by atoms with van der Waals surface area (Å²) in [7, 11) is 0. The summed E-state index contributed by atoms with van der Waals surface area (Å²) in [6.07, 6.45) is 0.910. The van der Waals surface area contributed by atoms with Gasteiger partial charge >= 0.3 is 0 Å². The molecule has 0 spiro atoms. The van der Waals surface area contributed by atoms with E-state index in [0.717, 1.165) is 24.1 Å². The fraction of sp³-hybridized carbons (Fsp3) is 0.400. The second kappa shape index (κ2) is 2.92. The average Bonchev–Trinajstić information content (AvgIpc) is 2.12. The summed E-state index contributed by atoms with van der Waals surface area (Å²) in [4.78, 5) is 0. The molecule has 3 heteroatoms. The van der Waals surface area contributed by atoms with Gasteiger partial charge in [0.15, 0.2) is 11.5 Å². The number of benzene rings is 1. The van der Waals surface area contributed by atoms with E-state index in [1.165, 1.54) is 0 Å². The highest BCUT2D eigenvalue weighted by Crippen LogP contribution is 2.37. The molecule has 1 heterocycles. The van der Waals surface area contributed by atoms with E-state index in [9.17, 15) is 10.2 Å². The van der Waals surface area contributed by atoms with Crippen molar-refractivity contribution >= 4 is 0 Å². The maximum atomic E-state index is 9.62. The molecule has 13 heavy (non-hydrogen) atoms. The van der Waals surface area contributed by atoms with E-state index >= 15 is 0 Å². The third-order valence-electron chi connectivity index (χ3n) is 2.56. The van der Waals surface area contributed by atoms with Crippen molar-refractivity contribution < 1.29 is 10.2 Å². The Kier molecular flexibility index (Phi) is 1.88. The van der Waals surface area contributed by atoms with Crippen LogP contribution in [0.15, 0.2) is 12.1 Å². The fourth-order valence-electron chi connectivity index (χ4n) is 1.86. The van der Waals surface area contributed by atoms with Crippen LogP contribution in [0.25, 0.3) is 0 Å². The van der Waals surface area contributed by atoms with Gasteiger partial charge in [-0.05, 0) is 31.5 Å². The van der Waals surface area contributed by atoms with Crippen molar-refractivity contribution in [2.24, 2.45) is 0 Å². The van der Waals surface area contributed by atoms with Crippen molar-refractivity contribution in [1.82, 2.24) is 5.32 Å². The molecule has 1 aliphatic heterocycles. The van der Waals surface area contributed by atoms with Crippen molar-refractivity contribution in [2.75, 3.05) is 6.54 Å². The van der Waals surface area contributed by atoms with E-state index in [2.05, 4.69) is 5.32 Å². The smallest absolute Gasteiger partial charge is 0.162 e. The topological polar surface area (TPSA) is 52.5 Å². The van der Waals surface area contributed by atoms with Crippen molar-refractivity contribution in [2.45, 2.75) is 19.4 Å². The molecule has 0 saturated heterocycles. The highest BCUT2D eigenvalue weighted by Gasteiger charge is 2.20. The first kappa shape index (κ1) is 8.38. The van der Waals surface area contributed by atoms with Crippen LogP contribution in [-0.2, 0) is 6.42 Å². The molecule has 0 amide bonds. The van der Waals surface area contributed by atoms with Gasteiger partial charge in [-0.15, -0.1) is 0 Å². The van der Waals surface area contributed by atoms with Crippen LogP contribution >= 0.6 is 0 Å². The Morgan fingerprint density at radius 1 is 1.38 bits per heavy atom. The van der Waals surface area contributed by atoms with Crippen LogP contribution in [0.2, 0.25) is 0 Å². The van der Waals surface area contributed by atoms with E-state index in [1.54, 1.807) is 6.07 Å². The van der Waals surface area contributed by atoms with Crippen LogP contribution in [0.1, 0.15) is 24.1 Å². The van der Waals surface area contributed by atoms with Crippen molar-refractivity contribution in [3.63, 3.8) is 0 Å². The van der Waals surface area contributed by atoms with Gasteiger partial charge in [0.2, 0.25) is 0 Å². The molecule has 3 nitrogen and oxygen atoms in total. The molecule has 0 fully saturated rings. The van der Waals surface area contributed by atoms with Crippen LogP contribution in [0.3, 0.4) is 0 Å². The number of fused-ring (bicyclic) bond motifs is 1. The Hall–Kier alpha value is -1.22. The summed E-state index contributed by atoms with van der Waals surface area (Å²) in [6.45, 7) is 2.91. The molecule has 0 aromatic heterocycles. The number of rotatable bonds is 0. The first-order chi connectivity index (χ1) is 6.20. The zero-order chi connectivity index (χ0) is 9.42. The third kappa shape index (κ3) is 1.25. The van der Waals surface area contributed by atoms with Gasteiger partial charge in [0.05, 0.1) is 0 Å². The summed E-state index contributed by atoms with van der Waals surface area (Å²) in [5.74, 6) is -0.00787. The van der Waals surface area contributed by atoms with E-state index in [1.807, 2.05) is 13.0 Å². The van der Waals surface area contributed by atoms with E-state index in [4.69, 9.17) is 0 Å². The van der Waals surface area contributed by atoms with Crippen LogP contribution < -0.4 is 5.32 Å². The SMILES string of the molecule is C[C@H]1NCCc2ccc(O)c(O)c21. The lowest BCUT2D eigenvalue weighted by Crippen LogP contribution is -2.27. The van der Waals surface area contributed by atoms with Gasteiger partial charge in [0.1, 0.15) is 0 Å². The number of aromatic hydroxyl groups is 2. The fourth-order valence-corrected chi connectivity index (χ4v) is 1.86. The predicted octanol–water partition coefficient (Wildman–Crippen LogP) is 1.30. The average molecular weight is 179 g/mol. The molecule has 0 unspecified atom stereocenters. The van der Waals surface area contributed by atoms with Gasteiger partial charge in [-0.1, -0.05) is 6.07 Å². The molecular formula is C10H13NO2. The summed E-state index contributed by atoms with van der Waals surface area (Å²) in [5.41, 5.74) is 1.97. The highest BCUT2D eigenvalue weighted by atomic mass is 16.3. The van der Waals surface area contributed by atoms with Gasteiger partial charge < -0.3 is 15.5 Å². The molecule has 1 aromatic rings. The molecule has 0 radical (unpaired) electrons. The first-order valence-electron chi connectivity index (χ1n) is 4.47. The monoisotopic (exact) mass is 179 g/mol. The Morgan fingerprint density at radius 2 is 2.15 bits per heavy atom. The van der Waals surface area contributed by atoms with Gasteiger partial charge in [0, 0.05) is 11.6 Å². The molecule has 3 N–H and O–H groups in total. The Balaban J connectivity index is 2.58. The lowest BCUT2D eigenvalue weighted by molar-refractivity contribution is 0.387. The van der Waals surface area contributed by atoms with Crippen molar-refractivity contribution in [1.29, 1.82) is 0 Å². The number of hydrogen-bond acceptors (Lipinski definition) is 3. The Bertz CT molecular complexity index is 336. The van der Waals surface area contributed by atoms with E-state index in [0.29, 0.717) is 0 Å². The second-order valence-electron chi connectivity index (χ2n) is 3.43. The zero-order valence-corrected chi connectivity index (χ0v) is 7.54. The van der Waals surface area contributed by atoms with Crippen LogP contribution in [0, 0.1) is 0 Å². The van der Waals surface area contributed by atoms with Crippen molar-refractivity contribution in [3.8, 4) is 11.5 Å². The van der Waals surface area contributed by atoms with E-state index in [-0.39, 0.29) is 17.5 Å². The Labute approximate surface area is 77.0 Å². The standard InChI is InChI=1S/C10H13NO2/c1-6-9-7(4-5-11-6)2-3-8(12)10(9)13/h2-3,6,11-13H,4-5H2,1H3/t6-/m1/s1. The maximum absolute atomic E-state index is 9.62. The quantitative estimate of drug-likeness (QED) is 0.526. The molecule has 70 valence electrons. The summed E-state index contributed by atoms with van der Waals surface area (Å²) < 4.78 is 0. The van der Waals surface area contributed by atoms with Crippen LogP contribution in [0.5, 0.6) is 11.5 Å². The lowest BCUT2D eigenvalue weighted by Gasteiger charge is -2.24. The highest BCUT2D eigenvalue weighted by molar-refractivity contribution is 5.51. The van der Waals surface area contributed by atoms with Gasteiger partial charge in [-0.3, -0.25) is 0 Å². The first-order valence-corrected chi connectivity index (χ1v) is 4.47.